The van der Waals surface area contributed by atoms with Gasteiger partial charge in [0.05, 0.1) is 0 Å². The highest BCUT2D eigenvalue weighted by atomic mass is 35.5. The molecule has 0 aliphatic carbocycles. The van der Waals surface area contributed by atoms with Gasteiger partial charge in [-0.1, -0.05) is 17.7 Å². The number of halogens is 2. The summed E-state index contributed by atoms with van der Waals surface area (Å²) in [5, 5.41) is 0.728. The predicted octanol–water partition coefficient (Wildman–Crippen LogP) is 3.55. The molecule has 2 nitrogen and oxygen atoms in total. The molecule has 16 heavy (non-hydrogen) atoms. The smallest absolute Gasteiger partial charge is 0.0488 e. The first-order valence-corrected chi connectivity index (χ1v) is 6.14. The third kappa shape index (κ3) is 3.85. The van der Waals surface area contributed by atoms with Crippen molar-refractivity contribution in [2.24, 2.45) is 0 Å². The van der Waals surface area contributed by atoms with Crippen LogP contribution >= 0.6 is 23.2 Å². The summed E-state index contributed by atoms with van der Waals surface area (Å²) in [7, 11) is 3.76. The lowest BCUT2D eigenvalue weighted by molar-refractivity contribution is 0.196. The monoisotopic (exact) mass is 261 g/mol. The van der Waals surface area contributed by atoms with E-state index in [-0.39, 0.29) is 0 Å². The Hall–Kier alpha value is -0.440. The summed E-state index contributed by atoms with van der Waals surface area (Å²) in [6, 6.07) is 5.96. The molecule has 0 bridgehead atoms. The second-order valence-electron chi connectivity index (χ2n) is 3.68. The van der Waals surface area contributed by atoms with Gasteiger partial charge in [0.1, 0.15) is 0 Å². The van der Waals surface area contributed by atoms with Crippen LogP contribution in [-0.4, -0.2) is 27.3 Å². The topological polar surface area (TPSA) is 12.5 Å². The summed E-state index contributed by atoms with van der Waals surface area (Å²) in [6.45, 7) is 1.72. The van der Waals surface area contributed by atoms with E-state index in [4.69, 9.17) is 27.9 Å². The lowest BCUT2D eigenvalue weighted by atomic mass is 10.2. The number of methoxy groups -OCH3 is 1. The van der Waals surface area contributed by atoms with E-state index in [9.17, 15) is 0 Å². The zero-order chi connectivity index (χ0) is 12.0. The first-order valence-electron chi connectivity index (χ1n) is 5.23. The van der Waals surface area contributed by atoms with Crippen LogP contribution in [-0.2, 0) is 10.6 Å². The standard InChI is InChI=1S/C12H17Cl2NO/c1-15(6-3-7-16-2)11-5-4-10(9-13)12(14)8-11/h4-5,8H,3,6-7,9H2,1-2H3. The minimum Gasteiger partial charge on any atom is -0.385 e. The number of hydrogen-bond donors (Lipinski definition) is 0. The van der Waals surface area contributed by atoms with E-state index in [2.05, 4.69) is 4.90 Å². The molecular formula is C12H17Cl2NO. The van der Waals surface area contributed by atoms with Crippen LogP contribution in [0.1, 0.15) is 12.0 Å². The van der Waals surface area contributed by atoms with Gasteiger partial charge in [-0.3, -0.25) is 0 Å². The Balaban J connectivity index is 2.62. The number of anilines is 1. The third-order valence-electron chi connectivity index (χ3n) is 2.46. The van der Waals surface area contributed by atoms with Gasteiger partial charge < -0.3 is 9.64 Å². The lowest BCUT2D eigenvalue weighted by Crippen LogP contribution is -2.19. The zero-order valence-corrected chi connectivity index (χ0v) is 11.2. The number of benzene rings is 1. The Labute approximate surface area is 107 Å². The molecule has 1 rings (SSSR count). The summed E-state index contributed by atoms with van der Waals surface area (Å²) >= 11 is 11.9. The molecule has 0 spiro atoms. The molecule has 0 fully saturated rings. The maximum atomic E-state index is 6.10. The summed E-state index contributed by atoms with van der Waals surface area (Å²) < 4.78 is 5.02. The Bertz CT molecular complexity index is 331. The Kier molecular flexibility index (Phi) is 5.96. The van der Waals surface area contributed by atoms with E-state index in [1.807, 2.05) is 25.2 Å². The van der Waals surface area contributed by atoms with Crippen LogP contribution in [0.5, 0.6) is 0 Å². The average molecular weight is 262 g/mol. The van der Waals surface area contributed by atoms with Gasteiger partial charge in [0, 0.05) is 43.9 Å². The normalized spacial score (nSPS) is 10.5. The van der Waals surface area contributed by atoms with E-state index in [1.165, 1.54) is 0 Å². The van der Waals surface area contributed by atoms with Crippen molar-refractivity contribution in [1.29, 1.82) is 0 Å². The van der Waals surface area contributed by atoms with Gasteiger partial charge in [0.2, 0.25) is 0 Å². The number of alkyl halides is 1. The van der Waals surface area contributed by atoms with Gasteiger partial charge in [-0.2, -0.15) is 0 Å². The zero-order valence-electron chi connectivity index (χ0n) is 9.67. The van der Waals surface area contributed by atoms with Crippen molar-refractivity contribution in [1.82, 2.24) is 0 Å². The van der Waals surface area contributed by atoms with Crippen LogP contribution in [0.4, 0.5) is 5.69 Å². The van der Waals surface area contributed by atoms with Crippen molar-refractivity contribution in [3.63, 3.8) is 0 Å². The fourth-order valence-electron chi connectivity index (χ4n) is 1.46. The molecular weight excluding hydrogens is 245 g/mol. The fraction of sp³-hybridized carbons (Fsp3) is 0.500. The highest BCUT2D eigenvalue weighted by molar-refractivity contribution is 6.32. The van der Waals surface area contributed by atoms with Crippen molar-refractivity contribution >= 4 is 28.9 Å². The molecule has 0 unspecified atom stereocenters. The van der Waals surface area contributed by atoms with E-state index in [0.717, 1.165) is 35.8 Å². The van der Waals surface area contributed by atoms with Gasteiger partial charge in [0.25, 0.3) is 0 Å². The molecule has 0 saturated heterocycles. The largest absolute Gasteiger partial charge is 0.385 e. The fourth-order valence-corrected chi connectivity index (χ4v) is 2.00. The summed E-state index contributed by atoms with van der Waals surface area (Å²) in [6.07, 6.45) is 1.00. The molecule has 0 atom stereocenters. The molecule has 0 aliphatic heterocycles. The second kappa shape index (κ2) is 7.00. The van der Waals surface area contributed by atoms with Crippen LogP contribution in [0.25, 0.3) is 0 Å². The minimum atomic E-state index is 0.451. The SMILES string of the molecule is COCCCN(C)c1ccc(CCl)c(Cl)c1. The van der Waals surface area contributed by atoms with Crippen LogP contribution < -0.4 is 4.90 Å². The van der Waals surface area contributed by atoms with Gasteiger partial charge >= 0.3 is 0 Å². The predicted molar refractivity (Wildman–Crippen MR) is 70.8 cm³/mol. The molecule has 1 aromatic rings. The highest BCUT2D eigenvalue weighted by Gasteiger charge is 2.04. The molecule has 0 saturated carbocycles. The maximum absolute atomic E-state index is 6.10. The summed E-state index contributed by atoms with van der Waals surface area (Å²) in [5.74, 6) is 0.451. The molecule has 0 aliphatic rings. The number of hydrogen-bond acceptors (Lipinski definition) is 2. The molecule has 90 valence electrons. The van der Waals surface area contributed by atoms with Crippen molar-refractivity contribution in [3.05, 3.63) is 28.8 Å². The molecule has 1 aromatic carbocycles. The molecule has 0 heterocycles. The van der Waals surface area contributed by atoms with Crippen molar-refractivity contribution in [3.8, 4) is 0 Å². The van der Waals surface area contributed by atoms with E-state index >= 15 is 0 Å². The second-order valence-corrected chi connectivity index (χ2v) is 4.35. The molecule has 0 N–H and O–H groups in total. The third-order valence-corrected chi connectivity index (χ3v) is 3.10. The molecule has 0 aromatic heterocycles. The van der Waals surface area contributed by atoms with Gasteiger partial charge in [0.15, 0.2) is 0 Å². The highest BCUT2D eigenvalue weighted by Crippen LogP contribution is 2.24. The lowest BCUT2D eigenvalue weighted by Gasteiger charge is -2.19. The van der Waals surface area contributed by atoms with E-state index in [0.29, 0.717) is 5.88 Å². The van der Waals surface area contributed by atoms with Crippen LogP contribution in [0.2, 0.25) is 5.02 Å². The first kappa shape index (κ1) is 13.6. The average Bonchev–Trinajstić information content (AvgIpc) is 2.29. The van der Waals surface area contributed by atoms with E-state index < -0.39 is 0 Å². The van der Waals surface area contributed by atoms with Gasteiger partial charge in [-0.15, -0.1) is 11.6 Å². The summed E-state index contributed by atoms with van der Waals surface area (Å²) in [5.41, 5.74) is 2.08. The van der Waals surface area contributed by atoms with E-state index in [1.54, 1.807) is 7.11 Å². The molecule has 0 radical (unpaired) electrons. The maximum Gasteiger partial charge on any atom is 0.0488 e. The van der Waals surface area contributed by atoms with Crippen molar-refractivity contribution < 1.29 is 4.74 Å². The number of ether oxygens (including phenoxy) is 1. The Morgan fingerprint density at radius 2 is 2.12 bits per heavy atom. The van der Waals surface area contributed by atoms with Gasteiger partial charge in [-0.05, 0) is 24.1 Å². The minimum absolute atomic E-state index is 0.451. The Morgan fingerprint density at radius 1 is 1.38 bits per heavy atom. The van der Waals surface area contributed by atoms with Gasteiger partial charge in [-0.25, -0.2) is 0 Å². The Morgan fingerprint density at radius 3 is 2.69 bits per heavy atom. The van der Waals surface area contributed by atoms with Crippen LogP contribution in [0, 0.1) is 0 Å². The van der Waals surface area contributed by atoms with Crippen LogP contribution in [0.3, 0.4) is 0 Å². The quantitative estimate of drug-likeness (QED) is 0.574. The first-order chi connectivity index (χ1) is 7.69. The molecule has 4 heteroatoms. The number of nitrogens with zero attached hydrogens (tertiary/aromatic N) is 1. The van der Waals surface area contributed by atoms with Crippen molar-refractivity contribution in [2.45, 2.75) is 12.3 Å². The van der Waals surface area contributed by atoms with Crippen molar-refractivity contribution in [2.75, 3.05) is 32.2 Å². The van der Waals surface area contributed by atoms with Crippen LogP contribution in [0.15, 0.2) is 18.2 Å². The number of rotatable bonds is 6. The molecule has 0 amide bonds. The summed E-state index contributed by atoms with van der Waals surface area (Å²) in [4.78, 5) is 2.16.